The first kappa shape index (κ1) is 8.85. The minimum Gasteiger partial charge on any atom is -0.393 e. The van der Waals surface area contributed by atoms with Gasteiger partial charge in [0.25, 0.3) is 0 Å². The molecular formula is C11H11FN2O. The molecule has 0 bridgehead atoms. The zero-order chi connectivity index (χ0) is 10.4. The maximum atomic E-state index is 13.3. The topological polar surface area (TPSA) is 48.9 Å². The highest BCUT2D eigenvalue weighted by molar-refractivity contribution is 5.75. The molecular weight excluding hydrogens is 195 g/mol. The predicted molar refractivity (Wildman–Crippen MR) is 54.0 cm³/mol. The van der Waals surface area contributed by atoms with Crippen molar-refractivity contribution in [2.75, 3.05) is 0 Å². The summed E-state index contributed by atoms with van der Waals surface area (Å²) >= 11 is 0. The number of H-pyrrole nitrogens is 1. The monoisotopic (exact) mass is 206 g/mol. The van der Waals surface area contributed by atoms with E-state index in [0.717, 1.165) is 24.2 Å². The van der Waals surface area contributed by atoms with Crippen LogP contribution in [0, 0.1) is 5.82 Å². The Morgan fingerprint density at radius 2 is 2.20 bits per heavy atom. The molecule has 3 nitrogen and oxygen atoms in total. The van der Waals surface area contributed by atoms with Crippen LogP contribution in [-0.2, 0) is 0 Å². The third-order valence-electron chi connectivity index (χ3n) is 2.98. The van der Waals surface area contributed by atoms with E-state index in [-0.39, 0.29) is 17.8 Å². The number of benzene rings is 1. The second-order valence-electron chi connectivity index (χ2n) is 4.08. The van der Waals surface area contributed by atoms with Crippen LogP contribution in [0.5, 0.6) is 0 Å². The molecule has 0 amide bonds. The van der Waals surface area contributed by atoms with Crippen molar-refractivity contribution in [2.24, 2.45) is 0 Å². The first-order chi connectivity index (χ1) is 7.24. The van der Waals surface area contributed by atoms with Crippen molar-refractivity contribution in [3.8, 4) is 0 Å². The lowest BCUT2D eigenvalue weighted by Gasteiger charge is -2.29. The molecule has 1 heterocycles. The van der Waals surface area contributed by atoms with Gasteiger partial charge in [0.05, 0.1) is 11.6 Å². The van der Waals surface area contributed by atoms with Gasteiger partial charge in [-0.25, -0.2) is 9.37 Å². The summed E-state index contributed by atoms with van der Waals surface area (Å²) in [6, 6.07) is 4.88. The van der Waals surface area contributed by atoms with Gasteiger partial charge in [0.2, 0.25) is 0 Å². The molecule has 4 heteroatoms. The number of rotatable bonds is 1. The van der Waals surface area contributed by atoms with E-state index < -0.39 is 0 Å². The summed E-state index contributed by atoms with van der Waals surface area (Å²) in [5.74, 6) is 0.752. The lowest BCUT2D eigenvalue weighted by atomic mass is 9.82. The summed E-state index contributed by atoms with van der Waals surface area (Å²) in [6.45, 7) is 0. The molecule has 1 aliphatic carbocycles. The minimum absolute atomic E-state index is 0.215. The van der Waals surface area contributed by atoms with E-state index >= 15 is 0 Å². The van der Waals surface area contributed by atoms with Gasteiger partial charge < -0.3 is 10.1 Å². The normalized spacial score (nSPS) is 25.5. The summed E-state index contributed by atoms with van der Waals surface area (Å²) < 4.78 is 13.3. The third kappa shape index (κ3) is 1.33. The number of aromatic amines is 1. The Kier molecular flexibility index (Phi) is 1.79. The summed E-state index contributed by atoms with van der Waals surface area (Å²) in [4.78, 5) is 7.32. The fourth-order valence-corrected chi connectivity index (χ4v) is 2.02. The van der Waals surface area contributed by atoms with E-state index in [1.807, 2.05) is 6.07 Å². The number of aromatic nitrogens is 2. The zero-order valence-electron chi connectivity index (χ0n) is 8.07. The molecule has 2 aromatic rings. The van der Waals surface area contributed by atoms with Crippen LogP contribution in [0.1, 0.15) is 24.6 Å². The number of fused-ring (bicyclic) bond motifs is 1. The highest BCUT2D eigenvalue weighted by Gasteiger charge is 2.31. The number of imidazole rings is 1. The molecule has 78 valence electrons. The lowest BCUT2D eigenvalue weighted by molar-refractivity contribution is 0.0720. The quantitative estimate of drug-likeness (QED) is 0.749. The Morgan fingerprint density at radius 3 is 2.87 bits per heavy atom. The van der Waals surface area contributed by atoms with Crippen LogP contribution in [0.3, 0.4) is 0 Å². The maximum absolute atomic E-state index is 13.3. The molecule has 2 N–H and O–H groups in total. The number of hydrogen-bond acceptors (Lipinski definition) is 2. The Bertz CT molecular complexity index is 502. The van der Waals surface area contributed by atoms with Crippen molar-refractivity contribution in [1.82, 2.24) is 9.97 Å². The highest BCUT2D eigenvalue weighted by atomic mass is 19.1. The number of aliphatic hydroxyl groups is 1. The zero-order valence-corrected chi connectivity index (χ0v) is 8.07. The molecule has 15 heavy (non-hydrogen) atoms. The molecule has 1 aliphatic rings. The van der Waals surface area contributed by atoms with Crippen LogP contribution in [0.4, 0.5) is 4.39 Å². The number of hydrogen-bond donors (Lipinski definition) is 2. The van der Waals surface area contributed by atoms with Crippen LogP contribution >= 0.6 is 0 Å². The summed E-state index contributed by atoms with van der Waals surface area (Å²) in [5.41, 5.74) is 1.13. The smallest absolute Gasteiger partial charge is 0.151 e. The molecule has 0 saturated heterocycles. The molecule has 1 saturated carbocycles. The van der Waals surface area contributed by atoms with Crippen molar-refractivity contribution < 1.29 is 9.50 Å². The van der Waals surface area contributed by atoms with Crippen molar-refractivity contribution in [3.63, 3.8) is 0 Å². The van der Waals surface area contributed by atoms with Crippen LogP contribution in [0.25, 0.3) is 11.0 Å². The van der Waals surface area contributed by atoms with E-state index in [1.165, 1.54) is 6.07 Å². The molecule has 0 aliphatic heterocycles. The van der Waals surface area contributed by atoms with Gasteiger partial charge in [-0.05, 0) is 25.0 Å². The second-order valence-corrected chi connectivity index (χ2v) is 4.08. The van der Waals surface area contributed by atoms with Crippen LogP contribution in [0.15, 0.2) is 18.2 Å². The fourth-order valence-electron chi connectivity index (χ4n) is 2.02. The van der Waals surface area contributed by atoms with Crippen LogP contribution < -0.4 is 0 Å². The minimum atomic E-state index is -0.296. The van der Waals surface area contributed by atoms with Crippen molar-refractivity contribution >= 4 is 11.0 Å². The Hall–Kier alpha value is -1.42. The predicted octanol–water partition coefficient (Wildman–Crippen LogP) is 1.94. The maximum Gasteiger partial charge on any atom is 0.151 e. The highest BCUT2D eigenvalue weighted by Crippen LogP contribution is 2.36. The largest absolute Gasteiger partial charge is 0.393 e. The molecule has 0 atom stereocenters. The molecule has 0 unspecified atom stereocenters. The average molecular weight is 206 g/mol. The van der Waals surface area contributed by atoms with E-state index in [2.05, 4.69) is 9.97 Å². The van der Waals surface area contributed by atoms with Gasteiger partial charge in [-0.2, -0.15) is 0 Å². The fraction of sp³-hybridized carbons (Fsp3) is 0.364. The Balaban J connectivity index is 2.03. The number of aliphatic hydroxyl groups excluding tert-OH is 1. The lowest BCUT2D eigenvalue weighted by Crippen LogP contribution is -2.27. The van der Waals surface area contributed by atoms with E-state index in [0.29, 0.717) is 5.52 Å². The average Bonchev–Trinajstić information content (AvgIpc) is 2.58. The van der Waals surface area contributed by atoms with Gasteiger partial charge in [0, 0.05) is 5.92 Å². The number of para-hydroxylation sites is 1. The van der Waals surface area contributed by atoms with Gasteiger partial charge in [0.1, 0.15) is 11.3 Å². The molecule has 1 aromatic heterocycles. The van der Waals surface area contributed by atoms with Crippen LogP contribution in [0.2, 0.25) is 0 Å². The van der Waals surface area contributed by atoms with Crippen LogP contribution in [-0.4, -0.2) is 21.2 Å². The van der Waals surface area contributed by atoms with Gasteiger partial charge in [-0.1, -0.05) is 6.07 Å². The summed E-state index contributed by atoms with van der Waals surface area (Å²) in [7, 11) is 0. The SMILES string of the molecule is OC1CC(c2nc3c(F)cccc3[nH]2)C1. The van der Waals surface area contributed by atoms with Gasteiger partial charge in [-0.15, -0.1) is 0 Å². The molecule has 1 fully saturated rings. The number of nitrogens with one attached hydrogen (secondary N) is 1. The first-order valence-electron chi connectivity index (χ1n) is 5.06. The Labute approximate surface area is 86.0 Å². The van der Waals surface area contributed by atoms with Gasteiger partial charge in [-0.3, -0.25) is 0 Å². The van der Waals surface area contributed by atoms with Gasteiger partial charge in [0.15, 0.2) is 5.82 Å². The molecule has 3 rings (SSSR count). The standard InChI is InChI=1S/C11H11FN2O/c12-8-2-1-3-9-10(8)14-11(13-9)6-4-7(15)5-6/h1-3,6-7,15H,4-5H2,(H,13,14). The van der Waals surface area contributed by atoms with E-state index in [9.17, 15) is 9.50 Å². The second kappa shape index (κ2) is 3.03. The molecule has 1 aromatic carbocycles. The summed E-state index contributed by atoms with van der Waals surface area (Å²) in [6.07, 6.45) is 1.23. The van der Waals surface area contributed by atoms with Crippen molar-refractivity contribution in [3.05, 3.63) is 29.8 Å². The first-order valence-corrected chi connectivity index (χ1v) is 5.06. The Morgan fingerprint density at radius 1 is 1.40 bits per heavy atom. The van der Waals surface area contributed by atoms with Crippen molar-refractivity contribution in [1.29, 1.82) is 0 Å². The number of halogens is 1. The van der Waals surface area contributed by atoms with E-state index in [4.69, 9.17) is 0 Å². The van der Waals surface area contributed by atoms with Gasteiger partial charge >= 0.3 is 0 Å². The van der Waals surface area contributed by atoms with Crippen molar-refractivity contribution in [2.45, 2.75) is 24.9 Å². The third-order valence-corrected chi connectivity index (χ3v) is 2.98. The molecule has 0 spiro atoms. The molecule has 0 radical (unpaired) electrons. The van der Waals surface area contributed by atoms with E-state index in [1.54, 1.807) is 6.07 Å². The summed E-state index contributed by atoms with van der Waals surface area (Å²) in [5, 5.41) is 9.19. The number of nitrogens with zero attached hydrogens (tertiary/aromatic N) is 1.